The van der Waals surface area contributed by atoms with Crippen LogP contribution in [0.15, 0.2) is 24.3 Å². The van der Waals surface area contributed by atoms with Gasteiger partial charge in [0.15, 0.2) is 0 Å². The molecule has 0 radical (unpaired) electrons. The van der Waals surface area contributed by atoms with E-state index in [1.54, 1.807) is 0 Å². The van der Waals surface area contributed by atoms with Crippen LogP contribution < -0.4 is 5.73 Å². The number of nitrogens with zero attached hydrogens (tertiary/aromatic N) is 1. The molecule has 0 aliphatic carbocycles. The standard InChI is InChI=1S/C14H22N2/c1-12-5-2-6-13(11-12)14-7-3-9-16(14)10-4-8-15/h2,5-6,11,14H,3-4,7-10,15H2,1H3. The van der Waals surface area contributed by atoms with E-state index in [0.717, 1.165) is 19.5 Å². The minimum absolute atomic E-state index is 0.631. The van der Waals surface area contributed by atoms with Crippen LogP contribution in [0.1, 0.15) is 36.4 Å². The van der Waals surface area contributed by atoms with Crippen LogP contribution in [-0.4, -0.2) is 24.5 Å². The van der Waals surface area contributed by atoms with Crippen molar-refractivity contribution in [2.45, 2.75) is 32.2 Å². The van der Waals surface area contributed by atoms with Gasteiger partial charge in [0, 0.05) is 6.04 Å². The molecule has 0 amide bonds. The number of hydrogen-bond acceptors (Lipinski definition) is 2. The lowest BCUT2D eigenvalue weighted by Gasteiger charge is -2.24. The fourth-order valence-electron chi connectivity index (χ4n) is 2.64. The molecule has 1 fully saturated rings. The van der Waals surface area contributed by atoms with Crippen molar-refractivity contribution in [3.63, 3.8) is 0 Å². The van der Waals surface area contributed by atoms with Gasteiger partial charge in [-0.25, -0.2) is 0 Å². The van der Waals surface area contributed by atoms with E-state index in [1.807, 2.05) is 0 Å². The van der Waals surface area contributed by atoms with E-state index in [9.17, 15) is 0 Å². The van der Waals surface area contributed by atoms with Crippen LogP contribution in [0.2, 0.25) is 0 Å². The third-order valence-corrected chi connectivity index (χ3v) is 3.44. The Balaban J connectivity index is 2.07. The van der Waals surface area contributed by atoms with Crippen LogP contribution in [0.25, 0.3) is 0 Å². The van der Waals surface area contributed by atoms with Crippen molar-refractivity contribution >= 4 is 0 Å². The summed E-state index contributed by atoms with van der Waals surface area (Å²) < 4.78 is 0. The first-order valence-corrected chi connectivity index (χ1v) is 6.32. The molecule has 16 heavy (non-hydrogen) atoms. The Labute approximate surface area is 98.4 Å². The normalized spacial score (nSPS) is 21.5. The van der Waals surface area contributed by atoms with Gasteiger partial charge in [-0.05, 0) is 51.4 Å². The second kappa shape index (κ2) is 5.46. The van der Waals surface area contributed by atoms with Crippen molar-refractivity contribution in [2.75, 3.05) is 19.6 Å². The molecule has 2 nitrogen and oxygen atoms in total. The molecule has 1 aromatic carbocycles. The largest absolute Gasteiger partial charge is 0.330 e. The molecule has 1 aliphatic heterocycles. The van der Waals surface area contributed by atoms with Crippen LogP contribution in [-0.2, 0) is 0 Å². The quantitative estimate of drug-likeness (QED) is 0.841. The highest BCUT2D eigenvalue weighted by Crippen LogP contribution is 2.31. The summed E-state index contributed by atoms with van der Waals surface area (Å²) in [5, 5.41) is 0. The summed E-state index contributed by atoms with van der Waals surface area (Å²) in [5.41, 5.74) is 8.43. The first-order chi connectivity index (χ1) is 7.81. The Morgan fingerprint density at radius 1 is 1.44 bits per heavy atom. The lowest BCUT2D eigenvalue weighted by Crippen LogP contribution is -2.26. The molecule has 2 rings (SSSR count). The number of nitrogens with two attached hydrogens (primary N) is 1. The molecule has 2 N–H and O–H groups in total. The molecule has 88 valence electrons. The van der Waals surface area contributed by atoms with Gasteiger partial charge >= 0.3 is 0 Å². The molecule has 0 saturated carbocycles. The molecule has 1 saturated heterocycles. The van der Waals surface area contributed by atoms with Gasteiger partial charge in [-0.3, -0.25) is 4.90 Å². The SMILES string of the molecule is Cc1cccc(C2CCCN2CCCN)c1. The van der Waals surface area contributed by atoms with Crippen molar-refractivity contribution in [1.82, 2.24) is 4.90 Å². The molecule has 0 aromatic heterocycles. The van der Waals surface area contributed by atoms with Gasteiger partial charge in [-0.1, -0.05) is 29.8 Å². The van der Waals surface area contributed by atoms with Gasteiger partial charge in [0.2, 0.25) is 0 Å². The van der Waals surface area contributed by atoms with E-state index in [2.05, 4.69) is 36.1 Å². The first-order valence-electron chi connectivity index (χ1n) is 6.32. The topological polar surface area (TPSA) is 29.3 Å². The fraction of sp³-hybridized carbons (Fsp3) is 0.571. The first kappa shape index (κ1) is 11.6. The third kappa shape index (κ3) is 2.63. The zero-order valence-corrected chi connectivity index (χ0v) is 10.2. The summed E-state index contributed by atoms with van der Waals surface area (Å²) >= 11 is 0. The Morgan fingerprint density at radius 2 is 2.31 bits per heavy atom. The Hall–Kier alpha value is -0.860. The average Bonchev–Trinajstić information content (AvgIpc) is 2.74. The van der Waals surface area contributed by atoms with Crippen molar-refractivity contribution in [3.8, 4) is 0 Å². The number of hydrogen-bond donors (Lipinski definition) is 1. The highest BCUT2D eigenvalue weighted by atomic mass is 15.2. The summed E-state index contributed by atoms with van der Waals surface area (Å²) in [6.45, 7) is 5.35. The molecule has 2 heteroatoms. The van der Waals surface area contributed by atoms with Gasteiger partial charge in [-0.15, -0.1) is 0 Å². The van der Waals surface area contributed by atoms with Gasteiger partial charge in [0.05, 0.1) is 0 Å². The maximum absolute atomic E-state index is 5.59. The van der Waals surface area contributed by atoms with Crippen LogP contribution >= 0.6 is 0 Å². The molecule has 1 aliphatic rings. The van der Waals surface area contributed by atoms with E-state index in [-0.39, 0.29) is 0 Å². The number of aryl methyl sites for hydroxylation is 1. The van der Waals surface area contributed by atoms with E-state index in [0.29, 0.717) is 6.04 Å². The fourth-order valence-corrected chi connectivity index (χ4v) is 2.64. The van der Waals surface area contributed by atoms with Crippen LogP contribution in [0.4, 0.5) is 0 Å². The monoisotopic (exact) mass is 218 g/mol. The lowest BCUT2D eigenvalue weighted by atomic mass is 10.0. The Kier molecular flexibility index (Phi) is 3.97. The van der Waals surface area contributed by atoms with Crippen molar-refractivity contribution in [1.29, 1.82) is 0 Å². The highest BCUT2D eigenvalue weighted by molar-refractivity contribution is 5.25. The second-order valence-electron chi connectivity index (χ2n) is 4.75. The van der Waals surface area contributed by atoms with E-state index >= 15 is 0 Å². The second-order valence-corrected chi connectivity index (χ2v) is 4.75. The molecule has 1 heterocycles. The summed E-state index contributed by atoms with van der Waals surface area (Å²) in [6, 6.07) is 9.56. The summed E-state index contributed by atoms with van der Waals surface area (Å²) in [6.07, 6.45) is 3.74. The van der Waals surface area contributed by atoms with Gasteiger partial charge in [0.1, 0.15) is 0 Å². The molecule has 0 bridgehead atoms. The van der Waals surface area contributed by atoms with Crippen LogP contribution in [0, 0.1) is 6.92 Å². The van der Waals surface area contributed by atoms with Gasteiger partial charge in [-0.2, -0.15) is 0 Å². The van der Waals surface area contributed by atoms with E-state index in [1.165, 1.54) is 30.5 Å². The smallest absolute Gasteiger partial charge is 0.0348 e. The minimum Gasteiger partial charge on any atom is -0.330 e. The molecule has 1 unspecified atom stereocenters. The number of rotatable bonds is 4. The predicted molar refractivity (Wildman–Crippen MR) is 68.4 cm³/mol. The minimum atomic E-state index is 0.631. The van der Waals surface area contributed by atoms with Crippen molar-refractivity contribution in [2.24, 2.45) is 5.73 Å². The molecule has 0 spiro atoms. The highest BCUT2D eigenvalue weighted by Gasteiger charge is 2.24. The predicted octanol–water partition coefficient (Wildman–Crippen LogP) is 2.48. The summed E-state index contributed by atoms with van der Waals surface area (Å²) in [5.74, 6) is 0. The zero-order valence-electron chi connectivity index (χ0n) is 10.2. The summed E-state index contributed by atoms with van der Waals surface area (Å²) in [4.78, 5) is 2.58. The molecule has 1 aromatic rings. The van der Waals surface area contributed by atoms with Crippen LogP contribution in [0.5, 0.6) is 0 Å². The molecule has 1 atom stereocenters. The summed E-state index contributed by atoms with van der Waals surface area (Å²) in [7, 11) is 0. The van der Waals surface area contributed by atoms with Crippen LogP contribution in [0.3, 0.4) is 0 Å². The van der Waals surface area contributed by atoms with E-state index < -0.39 is 0 Å². The zero-order chi connectivity index (χ0) is 11.4. The van der Waals surface area contributed by atoms with Gasteiger partial charge in [0.25, 0.3) is 0 Å². The number of likely N-dealkylation sites (tertiary alicyclic amines) is 1. The maximum Gasteiger partial charge on any atom is 0.0348 e. The molecular weight excluding hydrogens is 196 g/mol. The van der Waals surface area contributed by atoms with Crippen molar-refractivity contribution < 1.29 is 0 Å². The third-order valence-electron chi connectivity index (χ3n) is 3.44. The lowest BCUT2D eigenvalue weighted by molar-refractivity contribution is 0.255. The molecular formula is C14H22N2. The van der Waals surface area contributed by atoms with Crippen molar-refractivity contribution in [3.05, 3.63) is 35.4 Å². The Bertz CT molecular complexity index is 335. The number of benzene rings is 1. The average molecular weight is 218 g/mol. The Morgan fingerprint density at radius 3 is 3.06 bits per heavy atom. The van der Waals surface area contributed by atoms with Gasteiger partial charge < -0.3 is 5.73 Å². The van der Waals surface area contributed by atoms with E-state index in [4.69, 9.17) is 5.73 Å². The maximum atomic E-state index is 5.59.